The Labute approximate surface area is 123 Å². The van der Waals surface area contributed by atoms with Crippen LogP contribution in [0.5, 0.6) is 0 Å². The number of nitro groups is 1. The van der Waals surface area contributed by atoms with Crippen molar-refractivity contribution in [2.45, 2.75) is 13.1 Å². The van der Waals surface area contributed by atoms with Crippen molar-refractivity contribution in [3.63, 3.8) is 0 Å². The molecular formula is C12H11ClF3N3O2. The van der Waals surface area contributed by atoms with Crippen molar-refractivity contribution in [2.75, 3.05) is 18.5 Å². The van der Waals surface area contributed by atoms with Crippen LogP contribution in [-0.4, -0.2) is 18.5 Å². The van der Waals surface area contributed by atoms with Gasteiger partial charge in [0.2, 0.25) is 0 Å². The van der Waals surface area contributed by atoms with E-state index in [1.54, 1.807) is 6.92 Å². The Morgan fingerprint density at radius 3 is 2.52 bits per heavy atom. The highest BCUT2D eigenvalue weighted by Crippen LogP contribution is 2.41. The molecule has 0 bridgehead atoms. The number of alkyl halides is 3. The molecule has 1 unspecified atom stereocenters. The molecule has 0 N–H and O–H groups in total. The molecule has 9 heteroatoms. The molecule has 1 atom stereocenters. The van der Waals surface area contributed by atoms with Gasteiger partial charge in [-0.15, -0.1) is 0 Å². The Morgan fingerprint density at radius 2 is 2.10 bits per heavy atom. The Bertz CT molecular complexity index is 599. The van der Waals surface area contributed by atoms with E-state index in [1.807, 2.05) is 6.07 Å². The molecule has 0 radical (unpaired) electrons. The summed E-state index contributed by atoms with van der Waals surface area (Å²) in [5, 5.41) is 19.1. The van der Waals surface area contributed by atoms with Gasteiger partial charge in [-0.05, 0) is 13.0 Å². The standard InChI is InChI=1S/C12H11ClF3N3O2/c1-7(5-17)6-18(2)10-4-9(13)8(12(14,15)16)3-11(10)19(20)21/h3-4,7H,6H2,1-2H3. The largest absolute Gasteiger partial charge is 0.418 e. The minimum Gasteiger partial charge on any atom is -0.368 e. The van der Waals surface area contributed by atoms with Gasteiger partial charge in [0.05, 0.1) is 27.5 Å². The molecule has 1 rings (SSSR count). The van der Waals surface area contributed by atoms with Gasteiger partial charge in [-0.2, -0.15) is 18.4 Å². The third kappa shape index (κ3) is 3.98. The van der Waals surface area contributed by atoms with Crippen LogP contribution in [0.2, 0.25) is 5.02 Å². The molecule has 0 saturated carbocycles. The molecule has 0 aromatic heterocycles. The molecular weight excluding hydrogens is 311 g/mol. The van der Waals surface area contributed by atoms with E-state index in [2.05, 4.69) is 0 Å². The Hall–Kier alpha value is -2.01. The van der Waals surface area contributed by atoms with E-state index in [9.17, 15) is 23.3 Å². The predicted molar refractivity (Wildman–Crippen MR) is 71.2 cm³/mol. The van der Waals surface area contributed by atoms with Crippen molar-refractivity contribution in [1.29, 1.82) is 5.26 Å². The monoisotopic (exact) mass is 321 g/mol. The summed E-state index contributed by atoms with van der Waals surface area (Å²) in [4.78, 5) is 11.4. The highest BCUT2D eigenvalue weighted by atomic mass is 35.5. The van der Waals surface area contributed by atoms with Crippen LogP contribution in [0.1, 0.15) is 12.5 Å². The first kappa shape index (κ1) is 17.0. The second-order valence-electron chi connectivity index (χ2n) is 4.49. The molecule has 0 aliphatic rings. The molecule has 0 aliphatic carbocycles. The maximum atomic E-state index is 12.7. The summed E-state index contributed by atoms with van der Waals surface area (Å²) in [5.74, 6) is -0.448. The third-order valence-electron chi connectivity index (χ3n) is 2.75. The lowest BCUT2D eigenvalue weighted by Crippen LogP contribution is -2.24. The summed E-state index contributed by atoms with van der Waals surface area (Å²) in [6, 6.07) is 3.24. The SMILES string of the molecule is CC(C#N)CN(C)c1cc(Cl)c(C(F)(F)F)cc1[N+](=O)[O-]. The van der Waals surface area contributed by atoms with E-state index in [1.165, 1.54) is 11.9 Å². The normalized spacial score (nSPS) is 12.6. The lowest BCUT2D eigenvalue weighted by atomic mass is 10.1. The number of halogens is 4. The van der Waals surface area contributed by atoms with Crippen molar-refractivity contribution < 1.29 is 18.1 Å². The van der Waals surface area contributed by atoms with Crippen LogP contribution < -0.4 is 4.90 Å². The average Bonchev–Trinajstić information content (AvgIpc) is 2.36. The van der Waals surface area contributed by atoms with Crippen molar-refractivity contribution in [2.24, 2.45) is 5.92 Å². The van der Waals surface area contributed by atoms with Gasteiger partial charge in [0.15, 0.2) is 0 Å². The zero-order valence-electron chi connectivity index (χ0n) is 11.1. The third-order valence-corrected chi connectivity index (χ3v) is 3.06. The molecule has 0 amide bonds. The first-order chi connectivity index (χ1) is 9.57. The Kier molecular flexibility index (Phi) is 5.01. The lowest BCUT2D eigenvalue weighted by Gasteiger charge is -2.21. The fraction of sp³-hybridized carbons (Fsp3) is 0.417. The molecule has 0 saturated heterocycles. The Balaban J connectivity index is 3.37. The number of benzene rings is 1. The molecule has 0 heterocycles. The smallest absolute Gasteiger partial charge is 0.368 e. The van der Waals surface area contributed by atoms with Crippen LogP contribution in [0.15, 0.2) is 12.1 Å². The van der Waals surface area contributed by atoms with E-state index >= 15 is 0 Å². The molecule has 21 heavy (non-hydrogen) atoms. The van der Waals surface area contributed by atoms with Crippen LogP contribution in [0.3, 0.4) is 0 Å². The van der Waals surface area contributed by atoms with E-state index in [0.29, 0.717) is 6.07 Å². The van der Waals surface area contributed by atoms with Crippen LogP contribution in [-0.2, 0) is 6.18 Å². The molecule has 0 fully saturated rings. The first-order valence-electron chi connectivity index (χ1n) is 5.73. The van der Waals surface area contributed by atoms with Crippen LogP contribution in [0, 0.1) is 27.4 Å². The van der Waals surface area contributed by atoms with Gasteiger partial charge in [0, 0.05) is 19.7 Å². The molecule has 0 spiro atoms. The van der Waals surface area contributed by atoms with Gasteiger partial charge in [0.25, 0.3) is 5.69 Å². The quantitative estimate of drug-likeness (QED) is 0.623. The fourth-order valence-electron chi connectivity index (χ4n) is 1.77. The summed E-state index contributed by atoms with van der Waals surface area (Å²) in [6.45, 7) is 1.72. The van der Waals surface area contributed by atoms with Gasteiger partial charge >= 0.3 is 6.18 Å². The van der Waals surface area contributed by atoms with E-state index in [0.717, 1.165) is 6.07 Å². The summed E-state index contributed by atoms with van der Waals surface area (Å²) in [6.07, 6.45) is -4.78. The van der Waals surface area contributed by atoms with Crippen molar-refractivity contribution in [1.82, 2.24) is 0 Å². The topological polar surface area (TPSA) is 70.2 Å². The predicted octanol–water partition coefficient (Wildman–Crippen LogP) is 3.86. The van der Waals surface area contributed by atoms with Gasteiger partial charge in [-0.3, -0.25) is 10.1 Å². The minimum absolute atomic E-state index is 0.0694. The van der Waals surface area contributed by atoms with Crippen molar-refractivity contribution in [3.05, 3.63) is 32.8 Å². The van der Waals surface area contributed by atoms with E-state index in [-0.39, 0.29) is 12.2 Å². The van der Waals surface area contributed by atoms with E-state index < -0.39 is 33.3 Å². The fourth-order valence-corrected chi connectivity index (χ4v) is 2.04. The number of nitriles is 1. The summed E-state index contributed by atoms with van der Waals surface area (Å²) >= 11 is 5.57. The second-order valence-corrected chi connectivity index (χ2v) is 4.89. The van der Waals surface area contributed by atoms with Gasteiger partial charge in [-0.1, -0.05) is 11.6 Å². The number of nitrogens with zero attached hydrogens (tertiary/aromatic N) is 3. The maximum Gasteiger partial charge on any atom is 0.418 e. The zero-order chi connectivity index (χ0) is 16.4. The minimum atomic E-state index is -4.78. The number of hydrogen-bond donors (Lipinski definition) is 0. The lowest BCUT2D eigenvalue weighted by molar-refractivity contribution is -0.384. The highest BCUT2D eigenvalue weighted by Gasteiger charge is 2.36. The second kappa shape index (κ2) is 6.18. The number of hydrogen-bond acceptors (Lipinski definition) is 4. The first-order valence-corrected chi connectivity index (χ1v) is 6.11. The van der Waals surface area contributed by atoms with Crippen LogP contribution in [0.25, 0.3) is 0 Å². The summed E-state index contributed by atoms with van der Waals surface area (Å²) in [7, 11) is 1.44. The molecule has 1 aromatic carbocycles. The molecule has 1 aromatic rings. The van der Waals surface area contributed by atoms with Gasteiger partial charge < -0.3 is 4.90 Å². The Morgan fingerprint density at radius 1 is 1.52 bits per heavy atom. The van der Waals surface area contributed by atoms with Gasteiger partial charge in [0.1, 0.15) is 5.69 Å². The highest BCUT2D eigenvalue weighted by molar-refractivity contribution is 6.31. The number of nitro benzene ring substituents is 1. The summed E-state index contributed by atoms with van der Waals surface area (Å²) in [5.41, 5.74) is -2.04. The average molecular weight is 322 g/mol. The van der Waals surface area contributed by atoms with Crippen molar-refractivity contribution in [3.8, 4) is 6.07 Å². The van der Waals surface area contributed by atoms with E-state index in [4.69, 9.17) is 16.9 Å². The molecule has 5 nitrogen and oxygen atoms in total. The van der Waals surface area contributed by atoms with Crippen molar-refractivity contribution >= 4 is 23.0 Å². The van der Waals surface area contributed by atoms with Crippen LogP contribution in [0.4, 0.5) is 24.5 Å². The zero-order valence-corrected chi connectivity index (χ0v) is 11.9. The van der Waals surface area contributed by atoms with Crippen LogP contribution >= 0.6 is 11.6 Å². The maximum absolute atomic E-state index is 12.7. The number of rotatable bonds is 4. The van der Waals surface area contributed by atoms with Gasteiger partial charge in [-0.25, -0.2) is 0 Å². The number of anilines is 1. The molecule has 114 valence electrons. The summed E-state index contributed by atoms with van der Waals surface area (Å²) < 4.78 is 38.2. The molecule has 0 aliphatic heterocycles.